The second-order valence-corrected chi connectivity index (χ2v) is 6.97. The molecule has 0 aromatic carbocycles. The molecule has 0 radical (unpaired) electrons. The molecule has 1 saturated heterocycles. The quantitative estimate of drug-likeness (QED) is 0.710. The minimum absolute atomic E-state index is 0.231. The molecule has 1 unspecified atom stereocenters. The van der Waals surface area contributed by atoms with Crippen LogP contribution in [0.15, 0.2) is 21.6 Å². The minimum Gasteiger partial charge on any atom is -0.464 e. The zero-order valence-electron chi connectivity index (χ0n) is 10.3. The predicted molar refractivity (Wildman–Crippen MR) is 74.7 cm³/mol. The Morgan fingerprint density at radius 2 is 2.30 bits per heavy atom. The number of pyridine rings is 1. The SMILES string of the molecule is Nc1ncc(Br)cc1S(=O)(=O)N(C(=O)O)C1CCNC1. The summed E-state index contributed by atoms with van der Waals surface area (Å²) >= 11 is 3.10. The Morgan fingerprint density at radius 3 is 2.85 bits per heavy atom. The van der Waals surface area contributed by atoms with Gasteiger partial charge in [0.25, 0.3) is 10.0 Å². The fourth-order valence-electron chi connectivity index (χ4n) is 2.04. The van der Waals surface area contributed by atoms with Crippen LogP contribution in [0.1, 0.15) is 6.42 Å². The lowest BCUT2D eigenvalue weighted by atomic mass is 10.3. The molecule has 1 fully saturated rings. The Bertz CT molecular complexity index is 630. The number of anilines is 1. The number of sulfonamides is 1. The van der Waals surface area contributed by atoms with Gasteiger partial charge >= 0.3 is 6.09 Å². The highest BCUT2D eigenvalue weighted by molar-refractivity contribution is 9.10. The summed E-state index contributed by atoms with van der Waals surface area (Å²) in [5.74, 6) is -0.231. The average Bonchev–Trinajstić information content (AvgIpc) is 2.84. The largest absolute Gasteiger partial charge is 0.464 e. The summed E-state index contributed by atoms with van der Waals surface area (Å²) in [4.78, 5) is 14.8. The van der Waals surface area contributed by atoms with Crippen molar-refractivity contribution < 1.29 is 18.3 Å². The summed E-state index contributed by atoms with van der Waals surface area (Å²) in [5.41, 5.74) is 5.57. The summed E-state index contributed by atoms with van der Waals surface area (Å²) in [6.45, 7) is 0.850. The molecule has 1 aromatic rings. The number of rotatable bonds is 3. The van der Waals surface area contributed by atoms with E-state index >= 15 is 0 Å². The predicted octanol–water partition coefficient (Wildman–Crippen LogP) is 0.457. The van der Waals surface area contributed by atoms with Crippen LogP contribution in [0.5, 0.6) is 0 Å². The normalized spacial score (nSPS) is 18.9. The van der Waals surface area contributed by atoms with E-state index < -0.39 is 22.2 Å². The third-order valence-corrected chi connectivity index (χ3v) is 5.23. The molecule has 1 aromatic heterocycles. The van der Waals surface area contributed by atoms with Crippen LogP contribution in [0.2, 0.25) is 0 Å². The number of amides is 1. The van der Waals surface area contributed by atoms with E-state index in [1.54, 1.807) is 0 Å². The van der Waals surface area contributed by atoms with E-state index in [4.69, 9.17) is 5.73 Å². The standard InChI is InChI=1S/C10H13BrN4O4S/c11-6-3-8(9(12)14-4-6)20(18,19)15(10(16)17)7-1-2-13-5-7/h3-4,7,13H,1-2,5H2,(H2,12,14)(H,16,17). The van der Waals surface area contributed by atoms with Gasteiger partial charge < -0.3 is 16.2 Å². The summed E-state index contributed by atoms with van der Waals surface area (Å²) < 4.78 is 25.9. The van der Waals surface area contributed by atoms with Gasteiger partial charge in [0.1, 0.15) is 10.7 Å². The number of hydrogen-bond acceptors (Lipinski definition) is 6. The number of halogens is 1. The lowest BCUT2D eigenvalue weighted by Crippen LogP contribution is -2.45. The summed E-state index contributed by atoms with van der Waals surface area (Å²) in [6.07, 6.45) is 0.238. The fourth-order valence-corrected chi connectivity index (χ4v) is 4.10. The molecular weight excluding hydrogens is 352 g/mol. The van der Waals surface area contributed by atoms with Crippen LogP contribution in [0.4, 0.5) is 10.6 Å². The second kappa shape index (κ2) is 5.54. The maximum Gasteiger partial charge on any atom is 0.421 e. The number of nitrogen functional groups attached to an aromatic ring is 1. The maximum atomic E-state index is 12.5. The van der Waals surface area contributed by atoms with E-state index in [1.807, 2.05) is 0 Å². The summed E-state index contributed by atoms with van der Waals surface area (Å²) in [5, 5.41) is 12.2. The van der Waals surface area contributed by atoms with Crippen molar-refractivity contribution in [3.8, 4) is 0 Å². The average molecular weight is 365 g/mol. The molecule has 1 aliphatic rings. The van der Waals surface area contributed by atoms with Gasteiger partial charge in [-0.1, -0.05) is 0 Å². The highest BCUT2D eigenvalue weighted by Crippen LogP contribution is 2.26. The Morgan fingerprint density at radius 1 is 1.60 bits per heavy atom. The van der Waals surface area contributed by atoms with Crippen LogP contribution in [0.25, 0.3) is 0 Å². The van der Waals surface area contributed by atoms with E-state index in [0.29, 0.717) is 21.7 Å². The van der Waals surface area contributed by atoms with Crippen molar-refractivity contribution in [2.24, 2.45) is 0 Å². The van der Waals surface area contributed by atoms with Crippen LogP contribution in [-0.2, 0) is 10.0 Å². The molecule has 20 heavy (non-hydrogen) atoms. The molecule has 10 heteroatoms. The first-order chi connectivity index (χ1) is 9.34. The molecule has 0 spiro atoms. The summed E-state index contributed by atoms with van der Waals surface area (Å²) in [7, 11) is -4.26. The highest BCUT2D eigenvalue weighted by atomic mass is 79.9. The van der Waals surface area contributed by atoms with Crippen molar-refractivity contribution in [2.45, 2.75) is 17.4 Å². The van der Waals surface area contributed by atoms with E-state index in [2.05, 4.69) is 26.2 Å². The third kappa shape index (κ3) is 2.72. The van der Waals surface area contributed by atoms with Gasteiger partial charge in [-0.3, -0.25) is 0 Å². The first kappa shape index (κ1) is 15.0. The zero-order valence-corrected chi connectivity index (χ0v) is 12.7. The monoisotopic (exact) mass is 364 g/mol. The molecule has 2 heterocycles. The smallest absolute Gasteiger partial charge is 0.421 e. The van der Waals surface area contributed by atoms with Crippen molar-refractivity contribution in [1.82, 2.24) is 14.6 Å². The molecule has 1 atom stereocenters. The van der Waals surface area contributed by atoms with Crippen LogP contribution in [0, 0.1) is 0 Å². The van der Waals surface area contributed by atoms with Gasteiger partial charge in [-0.15, -0.1) is 0 Å². The van der Waals surface area contributed by atoms with Gasteiger partial charge in [-0.2, -0.15) is 4.31 Å². The van der Waals surface area contributed by atoms with Crippen LogP contribution in [0.3, 0.4) is 0 Å². The van der Waals surface area contributed by atoms with Gasteiger partial charge in [0.05, 0.1) is 6.04 Å². The Kier molecular flexibility index (Phi) is 4.16. The molecular formula is C10H13BrN4O4S. The number of nitrogens with one attached hydrogen (secondary N) is 1. The molecule has 1 amide bonds. The lowest BCUT2D eigenvalue weighted by Gasteiger charge is -2.25. The maximum absolute atomic E-state index is 12.5. The van der Waals surface area contributed by atoms with Crippen LogP contribution < -0.4 is 11.1 Å². The van der Waals surface area contributed by atoms with Gasteiger partial charge in [-0.25, -0.2) is 18.2 Å². The lowest BCUT2D eigenvalue weighted by molar-refractivity contribution is 0.162. The van der Waals surface area contributed by atoms with Crippen molar-refractivity contribution in [3.63, 3.8) is 0 Å². The molecule has 4 N–H and O–H groups in total. The minimum atomic E-state index is -4.26. The Labute approximate surface area is 124 Å². The number of carbonyl (C=O) groups is 1. The second-order valence-electron chi connectivity index (χ2n) is 4.27. The van der Waals surface area contributed by atoms with E-state index in [-0.39, 0.29) is 17.3 Å². The first-order valence-corrected chi connectivity index (χ1v) is 7.96. The van der Waals surface area contributed by atoms with Gasteiger partial charge in [0.2, 0.25) is 0 Å². The molecule has 8 nitrogen and oxygen atoms in total. The van der Waals surface area contributed by atoms with E-state index in [9.17, 15) is 18.3 Å². The first-order valence-electron chi connectivity index (χ1n) is 5.73. The van der Waals surface area contributed by atoms with Crippen LogP contribution >= 0.6 is 15.9 Å². The van der Waals surface area contributed by atoms with E-state index in [0.717, 1.165) is 0 Å². The van der Waals surface area contributed by atoms with Gasteiger partial charge in [0, 0.05) is 17.2 Å². The number of nitrogens with zero attached hydrogens (tertiary/aromatic N) is 2. The number of aromatic nitrogens is 1. The highest BCUT2D eigenvalue weighted by Gasteiger charge is 2.38. The fraction of sp³-hybridized carbons (Fsp3) is 0.400. The molecule has 0 saturated carbocycles. The van der Waals surface area contributed by atoms with Crippen molar-refractivity contribution in [1.29, 1.82) is 0 Å². The van der Waals surface area contributed by atoms with Crippen molar-refractivity contribution in [2.75, 3.05) is 18.8 Å². The topological polar surface area (TPSA) is 126 Å². The van der Waals surface area contributed by atoms with Crippen molar-refractivity contribution >= 4 is 37.9 Å². The summed E-state index contributed by atoms with van der Waals surface area (Å²) in [6, 6.07) is 0.603. The number of nitrogens with two attached hydrogens (primary N) is 1. The van der Waals surface area contributed by atoms with Gasteiger partial charge in [-0.05, 0) is 35.0 Å². The zero-order chi connectivity index (χ0) is 14.9. The van der Waals surface area contributed by atoms with Crippen LogP contribution in [-0.4, -0.2) is 48.0 Å². The Hall–Kier alpha value is -1.39. The molecule has 0 aliphatic carbocycles. The van der Waals surface area contributed by atoms with Gasteiger partial charge in [0.15, 0.2) is 0 Å². The third-order valence-electron chi connectivity index (χ3n) is 2.94. The molecule has 2 rings (SSSR count). The number of carboxylic acid groups (broad SMARTS) is 1. The molecule has 110 valence electrons. The van der Waals surface area contributed by atoms with Crippen molar-refractivity contribution in [3.05, 3.63) is 16.7 Å². The number of hydrogen-bond donors (Lipinski definition) is 3. The molecule has 0 bridgehead atoms. The Balaban J connectivity index is 2.50. The van der Waals surface area contributed by atoms with E-state index in [1.165, 1.54) is 12.3 Å². The molecule has 1 aliphatic heterocycles.